The van der Waals surface area contributed by atoms with Crippen LogP contribution in [0.15, 0.2) is 55.7 Å². The van der Waals surface area contributed by atoms with E-state index in [-0.39, 0.29) is 5.91 Å². The van der Waals surface area contributed by atoms with E-state index in [9.17, 15) is 4.79 Å². The van der Waals surface area contributed by atoms with Crippen molar-refractivity contribution < 1.29 is 9.53 Å². The lowest BCUT2D eigenvalue weighted by Crippen LogP contribution is -2.42. The lowest BCUT2D eigenvalue weighted by Gasteiger charge is -2.21. The summed E-state index contributed by atoms with van der Waals surface area (Å²) in [5, 5.41) is 3.00. The Labute approximate surface area is 136 Å². The number of amides is 1. The van der Waals surface area contributed by atoms with E-state index in [4.69, 9.17) is 17.0 Å². The topological polar surface area (TPSA) is 41.6 Å². The molecule has 1 aromatic carbocycles. The van der Waals surface area contributed by atoms with Crippen molar-refractivity contribution in [3.63, 3.8) is 0 Å². The number of nitrogens with one attached hydrogen (secondary N) is 1. The van der Waals surface area contributed by atoms with Crippen molar-refractivity contribution in [2.24, 2.45) is 0 Å². The molecule has 1 amide bonds. The molecule has 0 unspecified atom stereocenters. The maximum Gasteiger partial charge on any atom is 0.250 e. The average molecular weight is 316 g/mol. The van der Waals surface area contributed by atoms with Gasteiger partial charge in [-0.1, -0.05) is 24.3 Å². The molecule has 116 valence electrons. The van der Waals surface area contributed by atoms with Gasteiger partial charge in [0.2, 0.25) is 5.91 Å². The monoisotopic (exact) mass is 316 g/mol. The van der Waals surface area contributed by atoms with Crippen molar-refractivity contribution in [3.05, 3.63) is 61.2 Å². The summed E-state index contributed by atoms with van der Waals surface area (Å²) in [6.07, 6.45) is 6.58. The van der Waals surface area contributed by atoms with Crippen molar-refractivity contribution in [1.29, 1.82) is 0 Å². The number of nitrogens with zero attached hydrogens (tertiary/aromatic N) is 1. The molecular weight excluding hydrogens is 296 g/mol. The molecule has 0 spiro atoms. The smallest absolute Gasteiger partial charge is 0.250 e. The molecule has 1 aromatic rings. The number of hydrogen-bond acceptors (Lipinski definition) is 3. The number of carbonyl (C=O) groups is 1. The van der Waals surface area contributed by atoms with Crippen molar-refractivity contribution >= 4 is 29.3 Å². The number of methoxy groups -OCH3 is 1. The van der Waals surface area contributed by atoms with Gasteiger partial charge in [0.25, 0.3) is 0 Å². The zero-order valence-corrected chi connectivity index (χ0v) is 13.4. The van der Waals surface area contributed by atoms with Gasteiger partial charge in [0.15, 0.2) is 5.11 Å². The minimum absolute atomic E-state index is 0.279. The van der Waals surface area contributed by atoms with Gasteiger partial charge in [0.1, 0.15) is 5.75 Å². The molecule has 5 heteroatoms. The Hall–Kier alpha value is -2.40. The van der Waals surface area contributed by atoms with Gasteiger partial charge in [-0.05, 0) is 36.0 Å². The number of benzene rings is 1. The molecule has 22 heavy (non-hydrogen) atoms. The van der Waals surface area contributed by atoms with Crippen molar-refractivity contribution in [2.45, 2.75) is 0 Å². The van der Waals surface area contributed by atoms with E-state index in [1.54, 1.807) is 30.2 Å². The van der Waals surface area contributed by atoms with Gasteiger partial charge in [-0.2, -0.15) is 0 Å². The predicted octanol–water partition coefficient (Wildman–Crippen LogP) is 2.78. The maximum atomic E-state index is 11.9. The Bertz CT molecular complexity index is 555. The van der Waals surface area contributed by atoms with E-state index in [0.29, 0.717) is 18.2 Å². The highest BCUT2D eigenvalue weighted by Gasteiger charge is 2.08. The van der Waals surface area contributed by atoms with Crippen molar-refractivity contribution in [3.8, 4) is 5.75 Å². The highest BCUT2D eigenvalue weighted by molar-refractivity contribution is 7.80. The summed E-state index contributed by atoms with van der Waals surface area (Å²) in [7, 11) is 1.61. The van der Waals surface area contributed by atoms with Crippen LogP contribution in [0, 0.1) is 0 Å². The highest BCUT2D eigenvalue weighted by atomic mass is 32.1. The molecule has 0 aliphatic carbocycles. The Balaban J connectivity index is 2.59. The van der Waals surface area contributed by atoms with E-state index < -0.39 is 0 Å². The first-order valence-corrected chi connectivity index (χ1v) is 7.15. The molecule has 0 atom stereocenters. The first kappa shape index (κ1) is 17.7. The summed E-state index contributed by atoms with van der Waals surface area (Å²) in [6.45, 7) is 8.42. The van der Waals surface area contributed by atoms with Gasteiger partial charge in [-0.15, -0.1) is 13.2 Å². The number of hydrogen-bond donors (Lipinski definition) is 1. The summed E-state index contributed by atoms with van der Waals surface area (Å²) in [5.74, 6) is 0.492. The SMILES string of the molecule is C=CCN(CC=C)C(=S)NC(=O)C=Cc1ccc(OC)cc1. The highest BCUT2D eigenvalue weighted by Crippen LogP contribution is 2.12. The summed E-state index contributed by atoms with van der Waals surface area (Å²) < 4.78 is 5.08. The summed E-state index contributed by atoms with van der Waals surface area (Å²) >= 11 is 5.19. The van der Waals surface area contributed by atoms with Crippen molar-refractivity contribution in [1.82, 2.24) is 10.2 Å². The minimum atomic E-state index is -0.279. The maximum absolute atomic E-state index is 11.9. The third-order valence-electron chi connectivity index (χ3n) is 2.76. The van der Waals surface area contributed by atoms with Crippen LogP contribution in [0.2, 0.25) is 0 Å². The number of ether oxygens (including phenoxy) is 1. The standard InChI is InChI=1S/C17H20N2O2S/c1-4-12-19(13-5-2)17(22)18-16(20)11-8-14-6-9-15(21-3)10-7-14/h4-11H,1-2,12-13H2,3H3,(H,18,20,22). The van der Waals surface area contributed by atoms with E-state index in [1.165, 1.54) is 6.08 Å². The molecule has 4 nitrogen and oxygen atoms in total. The molecule has 1 rings (SSSR count). The van der Waals surface area contributed by atoms with Crippen LogP contribution in [-0.4, -0.2) is 36.1 Å². The number of rotatable bonds is 7. The third kappa shape index (κ3) is 5.93. The second kappa shape index (κ2) is 9.52. The van der Waals surface area contributed by atoms with Gasteiger partial charge < -0.3 is 9.64 Å². The van der Waals surface area contributed by atoms with Crippen LogP contribution in [0.25, 0.3) is 6.08 Å². The molecule has 0 aromatic heterocycles. The van der Waals surface area contributed by atoms with E-state index >= 15 is 0 Å². The van der Waals surface area contributed by atoms with Crippen LogP contribution in [0.4, 0.5) is 0 Å². The molecule has 0 radical (unpaired) electrons. The quantitative estimate of drug-likeness (QED) is 0.477. The largest absolute Gasteiger partial charge is 0.497 e. The van der Waals surface area contributed by atoms with Crippen LogP contribution < -0.4 is 10.1 Å². The molecule has 0 heterocycles. The zero-order valence-electron chi connectivity index (χ0n) is 12.6. The summed E-state index contributed by atoms with van der Waals surface area (Å²) in [5.41, 5.74) is 0.899. The summed E-state index contributed by atoms with van der Waals surface area (Å²) in [4.78, 5) is 13.7. The Kier molecular flexibility index (Phi) is 7.64. The van der Waals surface area contributed by atoms with E-state index in [1.807, 2.05) is 24.3 Å². The third-order valence-corrected chi connectivity index (χ3v) is 3.12. The van der Waals surface area contributed by atoms with Gasteiger partial charge >= 0.3 is 0 Å². The fraction of sp³-hybridized carbons (Fsp3) is 0.176. The Morgan fingerprint density at radius 1 is 1.27 bits per heavy atom. The molecule has 1 N–H and O–H groups in total. The van der Waals surface area contributed by atoms with E-state index in [2.05, 4.69) is 18.5 Å². The molecule has 0 saturated carbocycles. The zero-order chi connectivity index (χ0) is 16.4. The first-order chi connectivity index (χ1) is 10.6. The minimum Gasteiger partial charge on any atom is -0.497 e. The summed E-state index contributed by atoms with van der Waals surface area (Å²) in [6, 6.07) is 7.39. The van der Waals surface area contributed by atoms with Crippen LogP contribution in [0.3, 0.4) is 0 Å². The van der Waals surface area contributed by atoms with Gasteiger partial charge in [-0.25, -0.2) is 0 Å². The van der Waals surface area contributed by atoms with Crippen LogP contribution in [0.5, 0.6) is 5.75 Å². The molecular formula is C17H20N2O2S. The Morgan fingerprint density at radius 3 is 2.36 bits per heavy atom. The van der Waals surface area contributed by atoms with E-state index in [0.717, 1.165) is 11.3 Å². The number of thiocarbonyl (C=S) groups is 1. The first-order valence-electron chi connectivity index (χ1n) is 6.74. The second-order valence-corrected chi connectivity index (χ2v) is 4.77. The molecule has 0 aliphatic heterocycles. The normalized spacial score (nSPS) is 10.0. The Morgan fingerprint density at radius 2 is 1.86 bits per heavy atom. The second-order valence-electron chi connectivity index (χ2n) is 4.38. The average Bonchev–Trinajstić information content (AvgIpc) is 2.53. The van der Waals surface area contributed by atoms with Gasteiger partial charge in [0.05, 0.1) is 7.11 Å². The van der Waals surface area contributed by atoms with Crippen LogP contribution in [0.1, 0.15) is 5.56 Å². The van der Waals surface area contributed by atoms with Gasteiger partial charge in [0, 0.05) is 19.2 Å². The lowest BCUT2D eigenvalue weighted by atomic mass is 10.2. The fourth-order valence-electron chi connectivity index (χ4n) is 1.67. The lowest BCUT2D eigenvalue weighted by molar-refractivity contribution is -0.115. The molecule has 0 fully saturated rings. The van der Waals surface area contributed by atoms with Gasteiger partial charge in [-0.3, -0.25) is 10.1 Å². The fourth-order valence-corrected chi connectivity index (χ4v) is 1.91. The van der Waals surface area contributed by atoms with Crippen LogP contribution >= 0.6 is 12.2 Å². The predicted molar refractivity (Wildman–Crippen MR) is 94.7 cm³/mol. The van der Waals surface area contributed by atoms with Crippen molar-refractivity contribution in [2.75, 3.05) is 20.2 Å². The number of carbonyl (C=O) groups excluding carboxylic acids is 1. The molecule has 0 aliphatic rings. The molecule has 0 saturated heterocycles. The molecule has 0 bridgehead atoms. The van der Waals surface area contributed by atoms with Crippen LogP contribution in [-0.2, 0) is 4.79 Å².